The summed E-state index contributed by atoms with van der Waals surface area (Å²) in [7, 11) is 0. The van der Waals surface area contributed by atoms with Crippen LogP contribution in [0.4, 0.5) is 4.79 Å². The third kappa shape index (κ3) is 65.4. The van der Waals surface area contributed by atoms with Gasteiger partial charge >= 0.3 is 6.03 Å². The quantitative estimate of drug-likeness (QED) is 0.280. The van der Waals surface area contributed by atoms with Crippen molar-refractivity contribution in [2.75, 3.05) is 0 Å². The fraction of sp³-hybridized carbons (Fsp3) is 0.400. The minimum atomic E-state index is -1.28. The smallest absolute Gasteiger partial charge is 0.309 e. The van der Waals surface area contributed by atoms with E-state index >= 15 is 0 Å². The second-order valence-corrected chi connectivity index (χ2v) is 1.34. The van der Waals surface area contributed by atoms with Crippen LogP contribution in [0.1, 0.15) is 6.92 Å². The van der Waals surface area contributed by atoms with Crippen LogP contribution >= 0.6 is 0 Å². The SMILES string of the molecule is C/C=C/C(O)O.NC(N)=O. The first kappa shape index (κ1) is 11.7. The molecule has 0 spiro atoms. The van der Waals surface area contributed by atoms with Gasteiger partial charge in [-0.25, -0.2) is 4.79 Å². The molecule has 0 unspecified atom stereocenters. The van der Waals surface area contributed by atoms with Crippen molar-refractivity contribution in [3.05, 3.63) is 12.2 Å². The van der Waals surface area contributed by atoms with Crippen molar-refractivity contribution < 1.29 is 15.0 Å². The Bertz CT molecular complexity index is 107. The van der Waals surface area contributed by atoms with E-state index in [1.165, 1.54) is 6.08 Å². The molecule has 6 N–H and O–H groups in total. The van der Waals surface area contributed by atoms with Crippen LogP contribution in [0.5, 0.6) is 0 Å². The summed E-state index contributed by atoms with van der Waals surface area (Å²) < 4.78 is 0. The maximum Gasteiger partial charge on any atom is 0.309 e. The van der Waals surface area contributed by atoms with Gasteiger partial charge in [-0.15, -0.1) is 0 Å². The van der Waals surface area contributed by atoms with Crippen LogP contribution in [0, 0.1) is 0 Å². The molecule has 0 heterocycles. The number of carbonyl (C=O) groups is 1. The fourth-order valence-electron chi connectivity index (χ4n) is 0.172. The van der Waals surface area contributed by atoms with Gasteiger partial charge in [-0.05, 0) is 13.0 Å². The van der Waals surface area contributed by atoms with Gasteiger partial charge < -0.3 is 21.7 Å². The monoisotopic (exact) mass is 148 g/mol. The number of aliphatic hydroxyl groups excluding tert-OH is 1. The van der Waals surface area contributed by atoms with Gasteiger partial charge in [0.05, 0.1) is 0 Å². The molecule has 0 rings (SSSR count). The van der Waals surface area contributed by atoms with Gasteiger partial charge in [0.2, 0.25) is 0 Å². The van der Waals surface area contributed by atoms with Crippen LogP contribution in [0.2, 0.25) is 0 Å². The molecule has 0 bridgehead atoms. The summed E-state index contributed by atoms with van der Waals surface area (Å²) in [6.07, 6.45) is 1.57. The molecule has 0 atom stereocenters. The summed E-state index contributed by atoms with van der Waals surface area (Å²) in [6.45, 7) is 1.72. The van der Waals surface area contributed by atoms with Crippen molar-refractivity contribution in [1.29, 1.82) is 0 Å². The molecular formula is C5H12N2O3. The van der Waals surface area contributed by atoms with Gasteiger partial charge in [0, 0.05) is 0 Å². The summed E-state index contributed by atoms with van der Waals surface area (Å²) in [5, 5.41) is 16.0. The van der Waals surface area contributed by atoms with Gasteiger partial charge in [-0.1, -0.05) is 6.08 Å². The first-order valence-electron chi connectivity index (χ1n) is 2.54. The number of aliphatic hydroxyl groups is 2. The van der Waals surface area contributed by atoms with Crippen LogP contribution in [0.25, 0.3) is 0 Å². The minimum Gasteiger partial charge on any atom is -0.365 e. The number of carbonyl (C=O) groups excluding carboxylic acids is 1. The molecule has 5 nitrogen and oxygen atoms in total. The van der Waals surface area contributed by atoms with Gasteiger partial charge in [-0.2, -0.15) is 0 Å². The average molecular weight is 148 g/mol. The molecular weight excluding hydrogens is 136 g/mol. The number of amides is 2. The van der Waals surface area contributed by atoms with E-state index in [0.717, 1.165) is 0 Å². The number of allylic oxidation sites excluding steroid dienone is 1. The molecule has 0 aromatic heterocycles. The lowest BCUT2D eigenvalue weighted by atomic mass is 10.5. The van der Waals surface area contributed by atoms with Crippen molar-refractivity contribution in [2.45, 2.75) is 13.2 Å². The highest BCUT2D eigenvalue weighted by Gasteiger charge is 1.79. The second-order valence-electron chi connectivity index (χ2n) is 1.34. The van der Waals surface area contributed by atoms with Crippen molar-refractivity contribution >= 4 is 6.03 Å². The van der Waals surface area contributed by atoms with Crippen LogP contribution in [-0.2, 0) is 0 Å². The molecule has 0 aliphatic rings. The van der Waals surface area contributed by atoms with E-state index in [-0.39, 0.29) is 0 Å². The molecule has 0 aliphatic carbocycles. The summed E-state index contributed by atoms with van der Waals surface area (Å²) in [5.74, 6) is 0. The number of urea groups is 1. The zero-order valence-electron chi connectivity index (χ0n) is 5.69. The van der Waals surface area contributed by atoms with Gasteiger partial charge in [0.1, 0.15) is 0 Å². The lowest BCUT2D eigenvalue weighted by molar-refractivity contribution is 0.00228. The number of primary amides is 2. The van der Waals surface area contributed by atoms with E-state index in [1.54, 1.807) is 13.0 Å². The normalized spacial score (nSPS) is 9.20. The second kappa shape index (κ2) is 7.93. The molecule has 0 aromatic carbocycles. The molecule has 60 valence electrons. The molecule has 2 amide bonds. The number of hydrogen-bond acceptors (Lipinski definition) is 3. The Morgan fingerprint density at radius 2 is 1.80 bits per heavy atom. The van der Waals surface area contributed by atoms with Gasteiger partial charge in [-0.3, -0.25) is 0 Å². The maximum absolute atomic E-state index is 9.00. The summed E-state index contributed by atoms with van der Waals surface area (Å²) >= 11 is 0. The number of rotatable bonds is 1. The van der Waals surface area contributed by atoms with Gasteiger partial charge in [0.25, 0.3) is 0 Å². The Kier molecular flexibility index (Phi) is 9.27. The maximum atomic E-state index is 9.00. The lowest BCUT2D eigenvalue weighted by Crippen LogP contribution is -2.18. The first-order valence-corrected chi connectivity index (χ1v) is 2.54. The van der Waals surface area contributed by atoms with Crippen LogP contribution < -0.4 is 11.5 Å². The summed E-state index contributed by atoms with van der Waals surface area (Å²) in [5.41, 5.74) is 8.50. The molecule has 0 radical (unpaired) electrons. The standard InChI is InChI=1S/C4H8O2.CH4N2O/c1-2-3-4(5)6;2-1(3)4/h2-6H,1H3;(H4,2,3,4)/b3-2+;. The Balaban J connectivity index is 0. The fourth-order valence-corrected chi connectivity index (χ4v) is 0.172. The number of nitrogens with two attached hydrogens (primary N) is 2. The largest absolute Gasteiger partial charge is 0.365 e. The van der Waals surface area contributed by atoms with Crippen molar-refractivity contribution in [1.82, 2.24) is 0 Å². The Morgan fingerprint density at radius 3 is 1.80 bits per heavy atom. The van der Waals surface area contributed by atoms with Crippen molar-refractivity contribution in [3.63, 3.8) is 0 Å². The van der Waals surface area contributed by atoms with E-state index < -0.39 is 12.3 Å². The highest BCUT2D eigenvalue weighted by Crippen LogP contribution is 1.74. The van der Waals surface area contributed by atoms with E-state index in [9.17, 15) is 0 Å². The number of hydrogen-bond donors (Lipinski definition) is 4. The Morgan fingerprint density at radius 1 is 1.50 bits per heavy atom. The highest BCUT2D eigenvalue weighted by atomic mass is 16.5. The molecule has 0 aliphatic heterocycles. The van der Waals surface area contributed by atoms with Crippen LogP contribution in [0.3, 0.4) is 0 Å². The average Bonchev–Trinajstić information content (AvgIpc) is 1.62. The predicted octanol–water partition coefficient (Wildman–Crippen LogP) is -1.10. The third-order valence-electron chi connectivity index (χ3n) is 0.365. The van der Waals surface area contributed by atoms with Crippen LogP contribution in [0.15, 0.2) is 12.2 Å². The summed E-state index contributed by atoms with van der Waals surface area (Å²) in [4.78, 5) is 9.00. The molecule has 0 aromatic rings. The Hall–Kier alpha value is -1.07. The van der Waals surface area contributed by atoms with Crippen molar-refractivity contribution in [3.8, 4) is 0 Å². The van der Waals surface area contributed by atoms with E-state index in [4.69, 9.17) is 15.0 Å². The van der Waals surface area contributed by atoms with E-state index in [0.29, 0.717) is 0 Å². The molecule has 10 heavy (non-hydrogen) atoms. The lowest BCUT2D eigenvalue weighted by Gasteiger charge is -1.86. The zero-order chi connectivity index (χ0) is 8.57. The zero-order valence-corrected chi connectivity index (χ0v) is 5.69. The van der Waals surface area contributed by atoms with Crippen LogP contribution in [-0.4, -0.2) is 22.5 Å². The van der Waals surface area contributed by atoms with E-state index in [1.807, 2.05) is 0 Å². The minimum absolute atomic E-state index is 0.833. The highest BCUT2D eigenvalue weighted by molar-refractivity contribution is 5.69. The predicted molar refractivity (Wildman–Crippen MR) is 36.8 cm³/mol. The van der Waals surface area contributed by atoms with Gasteiger partial charge in [0.15, 0.2) is 6.29 Å². The molecule has 5 heteroatoms. The van der Waals surface area contributed by atoms with E-state index in [2.05, 4.69) is 11.5 Å². The molecule has 0 fully saturated rings. The molecule has 0 saturated carbocycles. The topological polar surface area (TPSA) is 110 Å². The summed E-state index contributed by atoms with van der Waals surface area (Å²) in [6, 6.07) is -0.833. The Labute approximate surface area is 58.9 Å². The van der Waals surface area contributed by atoms with Crippen molar-refractivity contribution in [2.24, 2.45) is 11.5 Å². The molecule has 0 saturated heterocycles. The third-order valence-corrected chi connectivity index (χ3v) is 0.365. The first-order chi connectivity index (χ1) is 4.50.